The van der Waals surface area contributed by atoms with E-state index in [2.05, 4.69) is 55.3 Å². The molecule has 1 heteroatoms. The van der Waals surface area contributed by atoms with Crippen molar-refractivity contribution in [3.05, 3.63) is 59.8 Å². The number of aryl methyl sites for hydroxylation is 1. The van der Waals surface area contributed by atoms with Crippen LogP contribution >= 0.6 is 0 Å². The third-order valence-electron chi connectivity index (χ3n) is 2.79. The van der Waals surface area contributed by atoms with Crippen LogP contribution in [0.4, 0.5) is 0 Å². The van der Waals surface area contributed by atoms with Crippen molar-refractivity contribution in [2.45, 2.75) is 19.3 Å². The summed E-state index contributed by atoms with van der Waals surface area (Å²) in [7, 11) is 0. The minimum Gasteiger partial charge on any atom is -0.268 e. The van der Waals surface area contributed by atoms with Crippen molar-refractivity contribution < 1.29 is 0 Å². The van der Waals surface area contributed by atoms with E-state index in [4.69, 9.17) is 0 Å². The lowest BCUT2D eigenvalue weighted by molar-refractivity contribution is 0.820. The lowest BCUT2D eigenvalue weighted by Crippen LogP contribution is -2.21. The molecule has 0 N–H and O–H groups in total. The standard InChI is InChI=1S/C14H15N/c1-12-7-3-4-8-13(12)14(2)9-5-6-10-15-11-14/h3-11H,1-2H3. The number of allylic oxidation sites excluding steroid dienone is 3. The predicted molar refractivity (Wildman–Crippen MR) is 65.3 cm³/mol. The van der Waals surface area contributed by atoms with Crippen molar-refractivity contribution in [2.24, 2.45) is 4.99 Å². The van der Waals surface area contributed by atoms with Gasteiger partial charge in [0, 0.05) is 17.8 Å². The maximum Gasteiger partial charge on any atom is 0.0462 e. The van der Waals surface area contributed by atoms with Crippen molar-refractivity contribution in [2.75, 3.05) is 0 Å². The molecular formula is C14H15N. The molecule has 0 saturated carbocycles. The van der Waals surface area contributed by atoms with Gasteiger partial charge in [0.25, 0.3) is 0 Å². The molecule has 1 aliphatic heterocycles. The van der Waals surface area contributed by atoms with E-state index in [9.17, 15) is 0 Å². The molecule has 0 radical (unpaired) electrons. The third-order valence-corrected chi connectivity index (χ3v) is 2.79. The van der Waals surface area contributed by atoms with Crippen LogP contribution in [0.15, 0.2) is 53.7 Å². The zero-order valence-corrected chi connectivity index (χ0v) is 9.14. The monoisotopic (exact) mass is 197 g/mol. The molecule has 0 amide bonds. The lowest BCUT2D eigenvalue weighted by Gasteiger charge is -2.23. The van der Waals surface area contributed by atoms with Crippen LogP contribution in [0.5, 0.6) is 0 Å². The van der Waals surface area contributed by atoms with E-state index in [1.54, 1.807) is 0 Å². The lowest BCUT2D eigenvalue weighted by atomic mass is 9.81. The van der Waals surface area contributed by atoms with Gasteiger partial charge < -0.3 is 0 Å². The van der Waals surface area contributed by atoms with Crippen molar-refractivity contribution in [3.63, 3.8) is 0 Å². The number of hydrogen-bond acceptors (Lipinski definition) is 1. The first-order valence-corrected chi connectivity index (χ1v) is 5.17. The summed E-state index contributed by atoms with van der Waals surface area (Å²) in [4.78, 5) is 4.27. The molecule has 0 aliphatic carbocycles. The Labute approximate surface area is 90.9 Å². The minimum absolute atomic E-state index is 0.0884. The van der Waals surface area contributed by atoms with Crippen LogP contribution in [0, 0.1) is 6.92 Å². The van der Waals surface area contributed by atoms with Gasteiger partial charge in [-0.25, -0.2) is 0 Å². The summed E-state index contributed by atoms with van der Waals surface area (Å²) < 4.78 is 0. The van der Waals surface area contributed by atoms with Crippen LogP contribution in [-0.2, 0) is 5.41 Å². The molecule has 1 aromatic rings. The summed E-state index contributed by atoms with van der Waals surface area (Å²) in [6.07, 6.45) is 10.0. The molecule has 1 heterocycles. The van der Waals surface area contributed by atoms with Crippen molar-refractivity contribution in [3.8, 4) is 0 Å². The molecule has 0 saturated heterocycles. The molecule has 15 heavy (non-hydrogen) atoms. The van der Waals surface area contributed by atoms with Gasteiger partial charge in [-0.3, -0.25) is 4.99 Å². The largest absolute Gasteiger partial charge is 0.268 e. The average Bonchev–Trinajstić information content (AvgIpc) is 2.44. The molecule has 0 bridgehead atoms. The number of hydrogen-bond donors (Lipinski definition) is 0. The molecule has 1 aliphatic rings. The Balaban J connectivity index is 2.50. The van der Waals surface area contributed by atoms with E-state index in [0.717, 1.165) is 0 Å². The first kappa shape index (κ1) is 9.91. The van der Waals surface area contributed by atoms with Gasteiger partial charge >= 0.3 is 0 Å². The van der Waals surface area contributed by atoms with Crippen LogP contribution in [0.2, 0.25) is 0 Å². The van der Waals surface area contributed by atoms with E-state index in [1.165, 1.54) is 11.1 Å². The van der Waals surface area contributed by atoms with Gasteiger partial charge in [0.2, 0.25) is 0 Å². The summed E-state index contributed by atoms with van der Waals surface area (Å²) in [6.45, 7) is 4.32. The Bertz CT molecular complexity index is 422. The summed E-state index contributed by atoms with van der Waals surface area (Å²) in [5.41, 5.74) is 2.53. The van der Waals surface area contributed by atoms with Gasteiger partial charge in [-0.2, -0.15) is 0 Å². The predicted octanol–water partition coefficient (Wildman–Crippen LogP) is 3.41. The van der Waals surface area contributed by atoms with Gasteiger partial charge in [0.05, 0.1) is 0 Å². The second-order valence-corrected chi connectivity index (χ2v) is 4.08. The van der Waals surface area contributed by atoms with E-state index in [0.29, 0.717) is 0 Å². The van der Waals surface area contributed by atoms with Gasteiger partial charge in [0.15, 0.2) is 0 Å². The zero-order chi connectivity index (χ0) is 10.7. The summed E-state index contributed by atoms with van der Waals surface area (Å²) in [5, 5.41) is 0. The quantitative estimate of drug-likeness (QED) is 0.654. The summed E-state index contributed by atoms with van der Waals surface area (Å²) in [6, 6.07) is 8.45. The van der Waals surface area contributed by atoms with Gasteiger partial charge in [-0.1, -0.05) is 36.4 Å². The minimum atomic E-state index is -0.0884. The first-order valence-electron chi connectivity index (χ1n) is 5.17. The van der Waals surface area contributed by atoms with Crippen LogP contribution in [-0.4, -0.2) is 6.21 Å². The molecule has 0 fully saturated rings. The van der Waals surface area contributed by atoms with E-state index in [-0.39, 0.29) is 5.41 Å². The third kappa shape index (κ3) is 1.91. The highest BCUT2D eigenvalue weighted by molar-refractivity contribution is 5.78. The molecule has 1 aromatic carbocycles. The fraction of sp³-hybridized carbons (Fsp3) is 0.214. The second kappa shape index (κ2) is 3.85. The fourth-order valence-electron chi connectivity index (χ4n) is 1.93. The smallest absolute Gasteiger partial charge is 0.0462 e. The number of rotatable bonds is 1. The molecule has 1 unspecified atom stereocenters. The van der Waals surface area contributed by atoms with Crippen LogP contribution in [0.3, 0.4) is 0 Å². The van der Waals surface area contributed by atoms with Gasteiger partial charge in [0.1, 0.15) is 0 Å². The maximum absolute atomic E-state index is 4.27. The highest BCUT2D eigenvalue weighted by Gasteiger charge is 2.22. The van der Waals surface area contributed by atoms with E-state index in [1.807, 2.05) is 18.5 Å². The van der Waals surface area contributed by atoms with Crippen molar-refractivity contribution in [1.82, 2.24) is 0 Å². The van der Waals surface area contributed by atoms with E-state index < -0.39 is 0 Å². The molecule has 1 nitrogen and oxygen atoms in total. The fourth-order valence-corrected chi connectivity index (χ4v) is 1.93. The molecule has 1 atom stereocenters. The van der Waals surface area contributed by atoms with Crippen LogP contribution < -0.4 is 0 Å². The summed E-state index contributed by atoms with van der Waals surface area (Å²) in [5.74, 6) is 0. The first-order chi connectivity index (χ1) is 7.22. The topological polar surface area (TPSA) is 12.4 Å². The Hall–Kier alpha value is -1.63. The molecule has 2 rings (SSSR count). The average molecular weight is 197 g/mol. The van der Waals surface area contributed by atoms with Crippen molar-refractivity contribution >= 4 is 6.21 Å². The van der Waals surface area contributed by atoms with Gasteiger partial charge in [-0.05, 0) is 31.1 Å². The summed E-state index contributed by atoms with van der Waals surface area (Å²) >= 11 is 0. The normalized spacial score (nSPS) is 24.1. The molecule has 76 valence electrons. The van der Waals surface area contributed by atoms with E-state index >= 15 is 0 Å². The number of benzene rings is 1. The molecule has 0 aromatic heterocycles. The zero-order valence-electron chi connectivity index (χ0n) is 9.14. The number of nitrogens with zero attached hydrogens (tertiary/aromatic N) is 1. The Morgan fingerprint density at radius 2 is 1.93 bits per heavy atom. The Morgan fingerprint density at radius 1 is 1.13 bits per heavy atom. The SMILES string of the molecule is Cc1ccccc1C1(C)C=CC=CN=C1. The van der Waals surface area contributed by atoms with Crippen molar-refractivity contribution in [1.29, 1.82) is 0 Å². The molecule has 0 spiro atoms. The molecular weight excluding hydrogens is 182 g/mol. The number of aliphatic imine (C=N–C) groups is 1. The maximum atomic E-state index is 4.27. The highest BCUT2D eigenvalue weighted by Crippen LogP contribution is 2.27. The Morgan fingerprint density at radius 3 is 2.73 bits per heavy atom. The highest BCUT2D eigenvalue weighted by atomic mass is 14.7. The van der Waals surface area contributed by atoms with Gasteiger partial charge in [-0.15, -0.1) is 0 Å². The Kier molecular flexibility index (Phi) is 2.55. The van der Waals surface area contributed by atoms with Crippen LogP contribution in [0.25, 0.3) is 0 Å². The van der Waals surface area contributed by atoms with Crippen LogP contribution in [0.1, 0.15) is 18.1 Å². The second-order valence-electron chi connectivity index (χ2n) is 4.08.